The molecule has 3 rings (SSSR count). The molecule has 158 valence electrons. The Kier molecular flexibility index (Phi) is 6.42. The molecule has 0 spiro atoms. The van der Waals surface area contributed by atoms with Crippen LogP contribution in [0.5, 0.6) is 0 Å². The minimum Gasteiger partial charge on any atom is -0.399 e. The zero-order valence-electron chi connectivity index (χ0n) is 16.6. The quantitative estimate of drug-likeness (QED) is 0.535. The zero-order valence-corrected chi connectivity index (χ0v) is 18.2. The van der Waals surface area contributed by atoms with Gasteiger partial charge in [0.05, 0.1) is 6.54 Å². The number of amides is 1. The lowest BCUT2D eigenvalue weighted by molar-refractivity contribution is 0.0977. The van der Waals surface area contributed by atoms with Crippen molar-refractivity contribution in [2.75, 3.05) is 5.73 Å². The van der Waals surface area contributed by atoms with Crippen LogP contribution < -0.4 is 10.5 Å². The number of benzene rings is 1. The van der Waals surface area contributed by atoms with Gasteiger partial charge >= 0.3 is 0 Å². The van der Waals surface area contributed by atoms with Crippen molar-refractivity contribution in [2.45, 2.75) is 33.2 Å². The van der Waals surface area contributed by atoms with E-state index in [1.807, 2.05) is 24.6 Å². The molecule has 30 heavy (non-hydrogen) atoms. The van der Waals surface area contributed by atoms with Crippen LogP contribution in [-0.2, 0) is 16.6 Å². The number of imidazole rings is 1. The second-order valence-electron chi connectivity index (χ2n) is 6.77. The smallest absolute Gasteiger partial charge is 0.283 e. The molecule has 0 fully saturated rings. The molecular weight excluding hydrogens is 426 g/mol. The minimum absolute atomic E-state index is 0.0282. The van der Waals surface area contributed by atoms with E-state index in [2.05, 4.69) is 9.97 Å². The van der Waals surface area contributed by atoms with Gasteiger partial charge in [0.15, 0.2) is 5.65 Å². The SMILES string of the molecule is CCC/C=C/S(=O)(=O)NC(=O)c1ccc2nc(C)n(Cc3ccc(N)cc3Cl)c2n1. The average molecular weight is 448 g/mol. The Balaban J connectivity index is 1.92. The maximum atomic E-state index is 12.5. The maximum absolute atomic E-state index is 12.5. The summed E-state index contributed by atoms with van der Waals surface area (Å²) in [4.78, 5) is 21.3. The Hall–Kier alpha value is -2.91. The highest BCUT2D eigenvalue weighted by Gasteiger charge is 2.18. The number of pyridine rings is 1. The van der Waals surface area contributed by atoms with Crippen LogP contribution in [0.25, 0.3) is 11.2 Å². The summed E-state index contributed by atoms with van der Waals surface area (Å²) < 4.78 is 27.9. The van der Waals surface area contributed by atoms with Crippen LogP contribution in [0.15, 0.2) is 41.8 Å². The maximum Gasteiger partial charge on any atom is 0.283 e. The minimum atomic E-state index is -3.89. The fraction of sp³-hybridized carbons (Fsp3) is 0.250. The van der Waals surface area contributed by atoms with E-state index in [1.165, 1.54) is 12.1 Å². The predicted octanol–water partition coefficient (Wildman–Crippen LogP) is 3.40. The normalized spacial score (nSPS) is 12.0. The van der Waals surface area contributed by atoms with Crippen LogP contribution in [0.1, 0.15) is 41.6 Å². The lowest BCUT2D eigenvalue weighted by Crippen LogP contribution is -2.29. The molecule has 1 amide bonds. The summed E-state index contributed by atoms with van der Waals surface area (Å²) in [6.45, 7) is 4.12. The molecule has 0 aliphatic rings. The van der Waals surface area contributed by atoms with E-state index >= 15 is 0 Å². The van der Waals surface area contributed by atoms with Gasteiger partial charge in [-0.25, -0.2) is 23.1 Å². The molecule has 0 aliphatic heterocycles. The highest BCUT2D eigenvalue weighted by Crippen LogP contribution is 2.23. The topological polar surface area (TPSA) is 120 Å². The fourth-order valence-electron chi connectivity index (χ4n) is 2.87. The van der Waals surface area contributed by atoms with Crippen LogP contribution in [0, 0.1) is 6.92 Å². The van der Waals surface area contributed by atoms with Crippen molar-refractivity contribution in [1.29, 1.82) is 0 Å². The number of nitrogens with two attached hydrogens (primary N) is 1. The second kappa shape index (κ2) is 8.85. The van der Waals surface area contributed by atoms with Crippen LogP contribution in [0.2, 0.25) is 5.02 Å². The predicted molar refractivity (Wildman–Crippen MR) is 118 cm³/mol. The van der Waals surface area contributed by atoms with E-state index in [0.29, 0.717) is 40.7 Å². The third-order valence-corrected chi connectivity index (χ3v) is 5.76. The van der Waals surface area contributed by atoms with Gasteiger partial charge < -0.3 is 10.3 Å². The first-order valence-corrected chi connectivity index (χ1v) is 11.2. The van der Waals surface area contributed by atoms with Gasteiger partial charge in [-0.15, -0.1) is 0 Å². The first-order valence-electron chi connectivity index (χ1n) is 9.31. The number of rotatable bonds is 7. The van der Waals surface area contributed by atoms with Crippen LogP contribution in [0.3, 0.4) is 0 Å². The number of aryl methyl sites for hydroxylation is 1. The second-order valence-corrected chi connectivity index (χ2v) is 8.75. The van der Waals surface area contributed by atoms with Crippen LogP contribution in [0.4, 0.5) is 5.69 Å². The molecule has 0 saturated carbocycles. The fourth-order valence-corrected chi connectivity index (χ4v) is 3.94. The standard InChI is InChI=1S/C20H22ClN5O3S/c1-3-4-5-10-30(28,29)25-20(27)18-9-8-17-19(24-18)26(13(2)23-17)12-14-6-7-15(22)11-16(14)21/h5-11H,3-4,12,22H2,1-2H3,(H,25,27)/b10-5+. The molecule has 0 radical (unpaired) electrons. The molecular formula is C20H22ClN5O3S. The number of unbranched alkanes of at least 4 members (excludes halogenated alkanes) is 1. The molecule has 3 N–H and O–H groups in total. The number of nitrogens with one attached hydrogen (secondary N) is 1. The first kappa shape index (κ1) is 21.8. The number of sulfonamides is 1. The van der Waals surface area contributed by atoms with Crippen LogP contribution in [-0.4, -0.2) is 28.9 Å². The van der Waals surface area contributed by atoms with Crippen molar-refractivity contribution in [1.82, 2.24) is 19.3 Å². The Morgan fingerprint density at radius 2 is 2.03 bits per heavy atom. The zero-order chi connectivity index (χ0) is 21.9. The van der Waals surface area contributed by atoms with Gasteiger partial charge in [-0.3, -0.25) is 4.79 Å². The van der Waals surface area contributed by atoms with Gasteiger partial charge in [-0.1, -0.05) is 37.1 Å². The van der Waals surface area contributed by atoms with Crippen molar-refractivity contribution in [3.8, 4) is 0 Å². The van der Waals surface area contributed by atoms with Gasteiger partial charge in [-0.05, 0) is 43.2 Å². The van der Waals surface area contributed by atoms with Gasteiger partial charge in [0.2, 0.25) is 0 Å². The summed E-state index contributed by atoms with van der Waals surface area (Å²) in [7, 11) is -3.89. The number of allylic oxidation sites excluding steroid dienone is 1. The number of carbonyl (C=O) groups is 1. The monoisotopic (exact) mass is 447 g/mol. The van der Waals surface area contributed by atoms with Gasteiger partial charge in [0, 0.05) is 16.1 Å². The highest BCUT2D eigenvalue weighted by molar-refractivity contribution is 7.92. The third kappa shape index (κ3) is 4.98. The molecule has 8 nitrogen and oxygen atoms in total. The highest BCUT2D eigenvalue weighted by atomic mass is 35.5. The molecule has 0 atom stereocenters. The molecule has 0 aliphatic carbocycles. The summed E-state index contributed by atoms with van der Waals surface area (Å²) in [5, 5.41) is 1.50. The molecule has 1 aromatic carbocycles. The summed E-state index contributed by atoms with van der Waals surface area (Å²) in [6, 6.07) is 8.29. The van der Waals surface area contributed by atoms with E-state index in [9.17, 15) is 13.2 Å². The largest absolute Gasteiger partial charge is 0.399 e. The van der Waals surface area contributed by atoms with Gasteiger partial charge in [0.1, 0.15) is 17.0 Å². The molecule has 0 unspecified atom stereocenters. The number of anilines is 1. The van der Waals surface area contributed by atoms with Crippen LogP contribution >= 0.6 is 11.6 Å². The molecule has 2 heterocycles. The molecule has 2 aromatic heterocycles. The van der Waals surface area contributed by atoms with E-state index in [-0.39, 0.29) is 5.69 Å². The summed E-state index contributed by atoms with van der Waals surface area (Å²) in [6.07, 6.45) is 2.91. The number of nitrogen functional groups attached to an aromatic ring is 1. The van der Waals surface area contributed by atoms with Crippen molar-refractivity contribution in [2.24, 2.45) is 0 Å². The van der Waals surface area contributed by atoms with Crippen molar-refractivity contribution in [3.05, 3.63) is 63.9 Å². The average Bonchev–Trinajstić information content (AvgIpc) is 2.98. The summed E-state index contributed by atoms with van der Waals surface area (Å²) in [5.41, 5.74) is 8.13. The van der Waals surface area contributed by atoms with Crippen molar-refractivity contribution < 1.29 is 13.2 Å². The van der Waals surface area contributed by atoms with Gasteiger partial charge in [0.25, 0.3) is 15.9 Å². The van der Waals surface area contributed by atoms with E-state index in [4.69, 9.17) is 17.3 Å². The molecule has 0 bridgehead atoms. The lowest BCUT2D eigenvalue weighted by Gasteiger charge is -2.09. The Morgan fingerprint density at radius 3 is 2.73 bits per heavy atom. The van der Waals surface area contributed by atoms with Crippen molar-refractivity contribution in [3.63, 3.8) is 0 Å². The van der Waals surface area contributed by atoms with Crippen molar-refractivity contribution >= 4 is 44.4 Å². The number of carbonyl (C=O) groups excluding carboxylic acids is 1. The number of nitrogens with zero attached hydrogens (tertiary/aromatic N) is 3. The number of hydrogen-bond donors (Lipinski definition) is 2. The van der Waals surface area contributed by atoms with E-state index in [0.717, 1.165) is 17.4 Å². The van der Waals surface area contributed by atoms with Gasteiger partial charge in [-0.2, -0.15) is 0 Å². The van der Waals surface area contributed by atoms with E-state index < -0.39 is 15.9 Å². The Morgan fingerprint density at radius 1 is 1.27 bits per heavy atom. The third-order valence-electron chi connectivity index (χ3n) is 4.39. The Labute approximate surface area is 179 Å². The summed E-state index contributed by atoms with van der Waals surface area (Å²) in [5.74, 6) is -0.132. The lowest BCUT2D eigenvalue weighted by atomic mass is 10.2. The number of aromatic nitrogens is 3. The summed E-state index contributed by atoms with van der Waals surface area (Å²) >= 11 is 6.29. The molecule has 0 saturated heterocycles. The molecule has 3 aromatic rings. The Bertz CT molecular complexity index is 1230. The number of fused-ring (bicyclic) bond motifs is 1. The number of hydrogen-bond acceptors (Lipinski definition) is 6. The van der Waals surface area contributed by atoms with E-state index in [1.54, 1.807) is 22.8 Å². The molecule has 10 heteroatoms. The number of halogens is 1. The first-order chi connectivity index (χ1) is 14.2.